The maximum atomic E-state index is 10.4. The fraction of sp³-hybridized carbons (Fsp3) is 0.857. The van der Waals surface area contributed by atoms with Crippen LogP contribution < -0.4 is 11.5 Å². The van der Waals surface area contributed by atoms with E-state index in [1.165, 1.54) is 0 Å². The topological polar surface area (TPSA) is 127 Å². The van der Waals surface area contributed by atoms with E-state index in [-0.39, 0.29) is 48.7 Å². The number of hydrogen-bond donors (Lipinski definition) is 4. The number of aliphatic carboxylic acids is 2. The Hall–Kier alpha value is -0.560. The molecular formula is C14H28Cl2N2O4. The largest absolute Gasteiger partial charge is 0.481 e. The highest BCUT2D eigenvalue weighted by Crippen LogP contribution is 2.23. The van der Waals surface area contributed by atoms with Gasteiger partial charge in [-0.3, -0.25) is 9.59 Å². The van der Waals surface area contributed by atoms with Crippen LogP contribution in [0.4, 0.5) is 0 Å². The normalized spacial score (nSPS) is 30.6. The van der Waals surface area contributed by atoms with E-state index in [4.69, 9.17) is 21.7 Å². The van der Waals surface area contributed by atoms with Crippen LogP contribution in [0.1, 0.15) is 51.4 Å². The third kappa shape index (κ3) is 8.78. The zero-order chi connectivity index (χ0) is 15.1. The molecule has 0 aliphatic heterocycles. The molecule has 0 amide bonds. The summed E-state index contributed by atoms with van der Waals surface area (Å²) < 4.78 is 0. The van der Waals surface area contributed by atoms with Gasteiger partial charge in [-0.1, -0.05) is 0 Å². The van der Waals surface area contributed by atoms with Crippen LogP contribution in [-0.2, 0) is 9.59 Å². The second-order valence-electron chi connectivity index (χ2n) is 5.90. The van der Waals surface area contributed by atoms with Crippen molar-refractivity contribution < 1.29 is 19.8 Å². The Morgan fingerprint density at radius 3 is 1.05 bits per heavy atom. The molecule has 2 rings (SSSR count). The Balaban J connectivity index is 0. The lowest BCUT2D eigenvalue weighted by Crippen LogP contribution is -2.29. The minimum absolute atomic E-state index is 0. The van der Waals surface area contributed by atoms with Crippen molar-refractivity contribution in [3.8, 4) is 0 Å². The first-order valence-corrected chi connectivity index (χ1v) is 7.37. The second kappa shape index (κ2) is 11.9. The Morgan fingerprint density at radius 1 is 0.636 bits per heavy atom. The predicted molar refractivity (Wildman–Crippen MR) is 89.6 cm³/mol. The summed E-state index contributed by atoms with van der Waals surface area (Å²) in [5.74, 6) is -1.57. The predicted octanol–water partition coefficient (Wildman–Crippen LogP) is 2.02. The first-order chi connectivity index (χ1) is 9.40. The van der Waals surface area contributed by atoms with E-state index in [9.17, 15) is 9.59 Å². The number of rotatable bonds is 2. The lowest BCUT2D eigenvalue weighted by Gasteiger charge is -2.22. The maximum Gasteiger partial charge on any atom is 0.306 e. The molecule has 0 aromatic carbocycles. The zero-order valence-corrected chi connectivity index (χ0v) is 14.3. The van der Waals surface area contributed by atoms with Gasteiger partial charge in [0.15, 0.2) is 0 Å². The molecule has 0 atom stereocenters. The van der Waals surface area contributed by atoms with Crippen LogP contribution in [-0.4, -0.2) is 34.2 Å². The molecule has 22 heavy (non-hydrogen) atoms. The zero-order valence-electron chi connectivity index (χ0n) is 12.6. The molecule has 8 heteroatoms. The van der Waals surface area contributed by atoms with Gasteiger partial charge < -0.3 is 21.7 Å². The summed E-state index contributed by atoms with van der Waals surface area (Å²) >= 11 is 0. The van der Waals surface area contributed by atoms with Crippen molar-refractivity contribution in [2.45, 2.75) is 63.5 Å². The molecule has 6 N–H and O–H groups in total. The van der Waals surface area contributed by atoms with E-state index in [1.54, 1.807) is 0 Å². The molecule has 0 aromatic heterocycles. The Kier molecular flexibility index (Phi) is 12.9. The fourth-order valence-corrected chi connectivity index (χ4v) is 2.73. The van der Waals surface area contributed by atoms with E-state index in [0.717, 1.165) is 51.4 Å². The summed E-state index contributed by atoms with van der Waals surface area (Å²) in [4.78, 5) is 20.8. The fourth-order valence-electron chi connectivity index (χ4n) is 2.73. The van der Waals surface area contributed by atoms with Crippen LogP contribution in [0.3, 0.4) is 0 Å². The summed E-state index contributed by atoms with van der Waals surface area (Å²) in [7, 11) is 0. The van der Waals surface area contributed by atoms with Gasteiger partial charge in [0.2, 0.25) is 0 Å². The lowest BCUT2D eigenvalue weighted by molar-refractivity contribution is -0.143. The number of carbonyl (C=O) groups is 2. The van der Waals surface area contributed by atoms with Gasteiger partial charge in [0.25, 0.3) is 0 Å². The van der Waals surface area contributed by atoms with E-state index >= 15 is 0 Å². The van der Waals surface area contributed by atoms with Gasteiger partial charge in [-0.2, -0.15) is 0 Å². The molecule has 0 heterocycles. The quantitative estimate of drug-likeness (QED) is 0.597. The highest BCUT2D eigenvalue weighted by atomic mass is 35.5. The van der Waals surface area contributed by atoms with E-state index in [1.807, 2.05) is 0 Å². The molecule has 2 aliphatic rings. The minimum Gasteiger partial charge on any atom is -0.481 e. The molecular weight excluding hydrogens is 331 g/mol. The Morgan fingerprint density at radius 2 is 0.864 bits per heavy atom. The standard InChI is InChI=1S/2C7H13NO2.2ClH/c2*8-6-3-1-5(2-4-6)7(9)10;;/h2*5-6H,1-4,8H2,(H,9,10);2*1H. The number of carboxylic acid groups (broad SMARTS) is 2. The van der Waals surface area contributed by atoms with Crippen molar-refractivity contribution in [2.75, 3.05) is 0 Å². The van der Waals surface area contributed by atoms with Gasteiger partial charge in [-0.25, -0.2) is 0 Å². The molecule has 2 aliphatic carbocycles. The molecule has 6 nitrogen and oxygen atoms in total. The van der Waals surface area contributed by atoms with Crippen LogP contribution in [0.25, 0.3) is 0 Å². The van der Waals surface area contributed by atoms with Crippen molar-refractivity contribution >= 4 is 36.8 Å². The summed E-state index contributed by atoms with van der Waals surface area (Å²) in [5.41, 5.74) is 11.2. The van der Waals surface area contributed by atoms with Gasteiger partial charge in [-0.15, -0.1) is 24.8 Å². The molecule has 0 unspecified atom stereocenters. The molecule has 0 bridgehead atoms. The average Bonchev–Trinajstić information content (AvgIpc) is 2.40. The molecule has 0 spiro atoms. The van der Waals surface area contributed by atoms with Crippen LogP contribution in [0.2, 0.25) is 0 Å². The third-order valence-corrected chi connectivity index (χ3v) is 4.24. The molecule has 2 saturated carbocycles. The Bertz CT molecular complexity index is 297. The van der Waals surface area contributed by atoms with Gasteiger partial charge >= 0.3 is 11.9 Å². The SMILES string of the molecule is Cl.Cl.NC1CCC(C(=O)O)CC1.NC1CCC(C(=O)O)CC1. The highest BCUT2D eigenvalue weighted by Gasteiger charge is 2.24. The van der Waals surface area contributed by atoms with Crippen LogP contribution in [0, 0.1) is 11.8 Å². The smallest absolute Gasteiger partial charge is 0.306 e. The monoisotopic (exact) mass is 358 g/mol. The number of halogens is 2. The molecule has 132 valence electrons. The molecule has 0 saturated heterocycles. The van der Waals surface area contributed by atoms with Gasteiger partial charge in [-0.05, 0) is 51.4 Å². The maximum absolute atomic E-state index is 10.4. The highest BCUT2D eigenvalue weighted by molar-refractivity contribution is 5.85. The number of nitrogens with two attached hydrogens (primary N) is 2. The van der Waals surface area contributed by atoms with Gasteiger partial charge in [0, 0.05) is 12.1 Å². The number of hydrogen-bond acceptors (Lipinski definition) is 4. The van der Waals surface area contributed by atoms with E-state index in [0.29, 0.717) is 0 Å². The van der Waals surface area contributed by atoms with Gasteiger partial charge in [0.1, 0.15) is 0 Å². The molecule has 2 fully saturated rings. The Labute approximate surface area is 143 Å². The van der Waals surface area contributed by atoms with Crippen molar-refractivity contribution in [1.29, 1.82) is 0 Å². The molecule has 0 aromatic rings. The summed E-state index contributed by atoms with van der Waals surface area (Å²) in [6.07, 6.45) is 6.53. The lowest BCUT2D eigenvalue weighted by atomic mass is 9.87. The first kappa shape index (κ1) is 23.7. The van der Waals surface area contributed by atoms with Gasteiger partial charge in [0.05, 0.1) is 11.8 Å². The van der Waals surface area contributed by atoms with E-state index < -0.39 is 11.9 Å². The van der Waals surface area contributed by atoms with Crippen molar-refractivity contribution in [3.05, 3.63) is 0 Å². The third-order valence-electron chi connectivity index (χ3n) is 4.24. The first-order valence-electron chi connectivity index (χ1n) is 7.37. The van der Waals surface area contributed by atoms with Crippen LogP contribution in [0.5, 0.6) is 0 Å². The van der Waals surface area contributed by atoms with Crippen molar-refractivity contribution in [1.82, 2.24) is 0 Å². The summed E-state index contributed by atoms with van der Waals surface area (Å²) in [5, 5.41) is 17.2. The average molecular weight is 359 g/mol. The summed E-state index contributed by atoms with van der Waals surface area (Å²) in [6, 6.07) is 0.492. The second-order valence-corrected chi connectivity index (χ2v) is 5.90. The van der Waals surface area contributed by atoms with Crippen LogP contribution >= 0.6 is 24.8 Å². The van der Waals surface area contributed by atoms with Crippen molar-refractivity contribution in [2.24, 2.45) is 23.3 Å². The minimum atomic E-state index is -0.660. The number of carboxylic acids is 2. The van der Waals surface area contributed by atoms with E-state index in [2.05, 4.69) is 0 Å². The van der Waals surface area contributed by atoms with Crippen molar-refractivity contribution in [3.63, 3.8) is 0 Å². The molecule has 0 radical (unpaired) electrons. The van der Waals surface area contributed by atoms with Crippen LogP contribution in [0.15, 0.2) is 0 Å². The summed E-state index contributed by atoms with van der Waals surface area (Å²) in [6.45, 7) is 0.